The van der Waals surface area contributed by atoms with E-state index in [2.05, 4.69) is 25.9 Å². The van der Waals surface area contributed by atoms with Crippen molar-refractivity contribution in [3.63, 3.8) is 0 Å². The number of aromatic nitrogens is 2. The Morgan fingerprint density at radius 3 is 2.65 bits per heavy atom. The zero-order valence-electron chi connectivity index (χ0n) is 9.61. The molecule has 2 aromatic heterocycles. The monoisotopic (exact) mass is 298 g/mol. The third kappa shape index (κ3) is 2.04. The summed E-state index contributed by atoms with van der Waals surface area (Å²) in [5.74, 6) is -0.588. The predicted octanol–water partition coefficient (Wildman–Crippen LogP) is 2.98. The largest absolute Gasteiger partial charge is 0.477 e. The molecule has 0 spiro atoms. The summed E-state index contributed by atoms with van der Waals surface area (Å²) >= 11 is 3.23. The van der Waals surface area contributed by atoms with Gasteiger partial charge in [-0.05, 0) is 15.9 Å². The van der Waals surface area contributed by atoms with E-state index in [9.17, 15) is 4.79 Å². The molecule has 6 heteroatoms. The smallest absolute Gasteiger partial charge is 0.341 e. The van der Waals surface area contributed by atoms with E-state index in [1.165, 1.54) is 6.20 Å². The van der Waals surface area contributed by atoms with Crippen LogP contribution in [0.15, 0.2) is 15.2 Å². The fraction of sp³-hybridized carbons (Fsp3) is 0.364. The Morgan fingerprint density at radius 1 is 1.47 bits per heavy atom. The fourth-order valence-corrected chi connectivity index (χ4v) is 1.73. The van der Waals surface area contributed by atoms with E-state index >= 15 is 0 Å². The van der Waals surface area contributed by atoms with Crippen molar-refractivity contribution in [2.45, 2.75) is 26.2 Å². The van der Waals surface area contributed by atoms with Crippen molar-refractivity contribution < 1.29 is 14.3 Å². The minimum Gasteiger partial charge on any atom is -0.477 e. The SMILES string of the molecule is CC(C)(C)c1nc2c(Br)ncc(C(=O)O)c2o1. The molecule has 2 rings (SSSR count). The van der Waals surface area contributed by atoms with Crippen LogP contribution in [0.5, 0.6) is 0 Å². The van der Waals surface area contributed by atoms with Gasteiger partial charge >= 0.3 is 5.97 Å². The summed E-state index contributed by atoms with van der Waals surface area (Å²) in [5, 5.41) is 9.04. The lowest BCUT2D eigenvalue weighted by atomic mass is 9.97. The van der Waals surface area contributed by atoms with Gasteiger partial charge in [0.25, 0.3) is 0 Å². The minimum atomic E-state index is -1.08. The summed E-state index contributed by atoms with van der Waals surface area (Å²) in [6.07, 6.45) is 1.26. The van der Waals surface area contributed by atoms with E-state index < -0.39 is 5.97 Å². The Morgan fingerprint density at radius 2 is 2.12 bits per heavy atom. The lowest BCUT2D eigenvalue weighted by Gasteiger charge is -2.11. The molecule has 0 saturated heterocycles. The normalized spacial score (nSPS) is 12.0. The van der Waals surface area contributed by atoms with Crippen LogP contribution < -0.4 is 0 Å². The van der Waals surface area contributed by atoms with E-state index in [-0.39, 0.29) is 16.6 Å². The van der Waals surface area contributed by atoms with Gasteiger partial charge in [0.15, 0.2) is 5.58 Å². The summed E-state index contributed by atoms with van der Waals surface area (Å²) in [5.41, 5.74) is 0.430. The van der Waals surface area contributed by atoms with E-state index in [1.54, 1.807) is 0 Å². The first-order chi connectivity index (χ1) is 7.80. The average Bonchev–Trinajstić information content (AvgIpc) is 2.62. The summed E-state index contributed by atoms with van der Waals surface area (Å²) in [7, 11) is 0. The average molecular weight is 299 g/mol. The third-order valence-electron chi connectivity index (χ3n) is 2.25. The minimum absolute atomic E-state index is 0.0196. The predicted molar refractivity (Wildman–Crippen MR) is 65.2 cm³/mol. The molecular weight excluding hydrogens is 288 g/mol. The molecule has 1 N–H and O–H groups in total. The van der Waals surface area contributed by atoms with Crippen LogP contribution in [0.25, 0.3) is 11.1 Å². The van der Waals surface area contributed by atoms with Crippen LogP contribution in [0.3, 0.4) is 0 Å². The number of hydrogen-bond donors (Lipinski definition) is 1. The maximum atomic E-state index is 11.0. The Balaban J connectivity index is 2.79. The van der Waals surface area contributed by atoms with Crippen molar-refractivity contribution in [3.8, 4) is 0 Å². The number of carboxylic acids is 1. The summed E-state index contributed by atoms with van der Waals surface area (Å²) in [6, 6.07) is 0. The van der Waals surface area contributed by atoms with Gasteiger partial charge in [0, 0.05) is 11.6 Å². The molecule has 0 aromatic carbocycles. The summed E-state index contributed by atoms with van der Waals surface area (Å²) < 4.78 is 6.03. The highest BCUT2D eigenvalue weighted by molar-refractivity contribution is 9.10. The number of oxazole rings is 1. The van der Waals surface area contributed by atoms with Crippen LogP contribution in [0.2, 0.25) is 0 Å². The Hall–Kier alpha value is -1.43. The molecule has 0 bridgehead atoms. The lowest BCUT2D eigenvalue weighted by molar-refractivity contribution is 0.0697. The van der Waals surface area contributed by atoms with Crippen molar-refractivity contribution in [1.29, 1.82) is 0 Å². The molecule has 2 heterocycles. The zero-order valence-corrected chi connectivity index (χ0v) is 11.2. The zero-order chi connectivity index (χ0) is 12.8. The van der Waals surface area contributed by atoms with Gasteiger partial charge < -0.3 is 9.52 Å². The van der Waals surface area contributed by atoms with Crippen molar-refractivity contribution in [1.82, 2.24) is 9.97 Å². The number of carbonyl (C=O) groups is 1. The molecule has 0 aliphatic rings. The summed E-state index contributed by atoms with van der Waals surface area (Å²) in [6.45, 7) is 5.83. The highest BCUT2D eigenvalue weighted by atomic mass is 79.9. The number of aromatic carboxylic acids is 1. The van der Waals surface area contributed by atoms with Crippen LogP contribution in [0.1, 0.15) is 37.0 Å². The topological polar surface area (TPSA) is 76.2 Å². The molecule has 0 unspecified atom stereocenters. The molecular formula is C11H11BrN2O3. The van der Waals surface area contributed by atoms with Crippen molar-refractivity contribution in [2.24, 2.45) is 0 Å². The number of carboxylic acid groups (broad SMARTS) is 1. The first-order valence-corrected chi connectivity index (χ1v) is 5.79. The standard InChI is InChI=1S/C11H11BrN2O3/c1-11(2,3)10-14-6-7(17-10)5(9(15)16)4-13-8(6)12/h4H,1-3H3,(H,15,16). The van der Waals surface area contributed by atoms with Gasteiger partial charge in [-0.15, -0.1) is 0 Å². The maximum absolute atomic E-state index is 11.0. The van der Waals surface area contributed by atoms with Gasteiger partial charge in [-0.1, -0.05) is 20.8 Å². The molecule has 0 fully saturated rings. The van der Waals surface area contributed by atoms with Crippen LogP contribution in [0, 0.1) is 0 Å². The van der Waals surface area contributed by atoms with E-state index in [1.807, 2.05) is 20.8 Å². The van der Waals surface area contributed by atoms with Gasteiger partial charge in [-0.25, -0.2) is 14.8 Å². The molecule has 0 radical (unpaired) electrons. The molecule has 0 amide bonds. The Bertz CT molecular complexity index is 599. The van der Waals surface area contributed by atoms with Crippen molar-refractivity contribution >= 4 is 33.0 Å². The number of rotatable bonds is 1. The lowest BCUT2D eigenvalue weighted by Crippen LogP contribution is -2.11. The van der Waals surface area contributed by atoms with E-state index in [4.69, 9.17) is 9.52 Å². The number of fused-ring (bicyclic) bond motifs is 1. The second kappa shape index (κ2) is 3.80. The second-order valence-corrected chi connectivity index (χ2v) is 5.47. The quantitative estimate of drug-likeness (QED) is 0.819. The molecule has 90 valence electrons. The van der Waals surface area contributed by atoms with Gasteiger partial charge in [0.05, 0.1) is 0 Å². The van der Waals surface area contributed by atoms with Gasteiger partial charge in [-0.2, -0.15) is 0 Å². The molecule has 0 aliphatic heterocycles. The van der Waals surface area contributed by atoms with Crippen LogP contribution in [-0.4, -0.2) is 21.0 Å². The van der Waals surface area contributed by atoms with E-state index in [0.717, 1.165) is 0 Å². The Labute approximate surface area is 106 Å². The molecule has 0 aliphatic carbocycles. The van der Waals surface area contributed by atoms with Crippen molar-refractivity contribution in [3.05, 3.63) is 22.3 Å². The maximum Gasteiger partial charge on any atom is 0.341 e. The highest BCUT2D eigenvalue weighted by Gasteiger charge is 2.25. The molecule has 0 atom stereocenters. The van der Waals surface area contributed by atoms with Gasteiger partial charge in [0.2, 0.25) is 5.89 Å². The van der Waals surface area contributed by atoms with Crippen LogP contribution in [-0.2, 0) is 5.41 Å². The number of pyridine rings is 1. The van der Waals surface area contributed by atoms with Gasteiger partial charge in [0.1, 0.15) is 15.7 Å². The van der Waals surface area contributed by atoms with Gasteiger partial charge in [-0.3, -0.25) is 0 Å². The molecule has 5 nitrogen and oxygen atoms in total. The highest BCUT2D eigenvalue weighted by Crippen LogP contribution is 2.30. The van der Waals surface area contributed by atoms with E-state index in [0.29, 0.717) is 16.0 Å². The van der Waals surface area contributed by atoms with Crippen LogP contribution >= 0.6 is 15.9 Å². The number of nitrogens with zero attached hydrogens (tertiary/aromatic N) is 2. The molecule has 2 aromatic rings. The number of hydrogen-bond acceptors (Lipinski definition) is 4. The fourth-order valence-electron chi connectivity index (χ4n) is 1.36. The third-order valence-corrected chi connectivity index (χ3v) is 2.83. The number of halogens is 1. The molecule has 17 heavy (non-hydrogen) atoms. The van der Waals surface area contributed by atoms with Crippen LogP contribution in [0.4, 0.5) is 0 Å². The Kier molecular flexibility index (Phi) is 2.69. The first-order valence-electron chi connectivity index (χ1n) is 4.99. The second-order valence-electron chi connectivity index (χ2n) is 4.71. The first kappa shape index (κ1) is 12.0. The molecule has 0 saturated carbocycles. The summed E-state index contributed by atoms with van der Waals surface area (Å²) in [4.78, 5) is 19.3. The van der Waals surface area contributed by atoms with Crippen molar-refractivity contribution in [2.75, 3.05) is 0 Å².